The van der Waals surface area contributed by atoms with Gasteiger partial charge in [0.15, 0.2) is 0 Å². The normalized spacial score (nSPS) is 11.4. The summed E-state index contributed by atoms with van der Waals surface area (Å²) in [7, 11) is 0. The first kappa shape index (κ1) is 25.4. The number of Topliss-reactive ketones (excluding diaryl/α,β-unsaturated/α-hetero) is 1. The number of ether oxygens (including phenoxy) is 6. The Balaban J connectivity index is 3.04. The number of carbonyl (C=O) groups excluding carboxylic acids is 1. The lowest BCUT2D eigenvalue weighted by molar-refractivity contribution is -0.123. The first-order valence-electron chi connectivity index (χ1n) is 9.37. The van der Waals surface area contributed by atoms with Crippen molar-refractivity contribution in [3.63, 3.8) is 0 Å². The van der Waals surface area contributed by atoms with E-state index in [0.717, 1.165) is 0 Å². The van der Waals surface area contributed by atoms with Gasteiger partial charge < -0.3 is 34.2 Å². The fraction of sp³-hybridized carbons (Fsp3) is 0.944. The van der Waals surface area contributed by atoms with Crippen LogP contribution in [-0.4, -0.2) is 91.6 Å². The molecular weight excluding hydrogens is 342 g/mol. The van der Waals surface area contributed by atoms with E-state index in [9.17, 15) is 4.79 Å². The SMILES string of the molecule is CC(C)C(=O)CCOCCOCCOCCOCCOCCOCCN. The van der Waals surface area contributed by atoms with Crippen molar-refractivity contribution in [3.05, 3.63) is 0 Å². The van der Waals surface area contributed by atoms with E-state index in [0.29, 0.717) is 92.2 Å². The molecule has 0 saturated heterocycles. The zero-order valence-electron chi connectivity index (χ0n) is 16.4. The van der Waals surface area contributed by atoms with E-state index in [1.54, 1.807) is 0 Å². The van der Waals surface area contributed by atoms with E-state index in [2.05, 4.69) is 0 Å². The summed E-state index contributed by atoms with van der Waals surface area (Å²) in [6, 6.07) is 0. The van der Waals surface area contributed by atoms with Gasteiger partial charge in [-0.05, 0) is 0 Å². The lowest BCUT2D eigenvalue weighted by Gasteiger charge is -2.08. The van der Waals surface area contributed by atoms with Crippen LogP contribution >= 0.6 is 0 Å². The molecule has 0 saturated carbocycles. The van der Waals surface area contributed by atoms with Gasteiger partial charge in [-0.2, -0.15) is 0 Å². The van der Waals surface area contributed by atoms with E-state index < -0.39 is 0 Å². The van der Waals surface area contributed by atoms with E-state index in [-0.39, 0.29) is 11.7 Å². The Morgan fingerprint density at radius 1 is 0.615 bits per heavy atom. The Labute approximate surface area is 157 Å². The van der Waals surface area contributed by atoms with Gasteiger partial charge in [-0.3, -0.25) is 4.79 Å². The summed E-state index contributed by atoms with van der Waals surface area (Å²) in [4.78, 5) is 11.4. The maximum Gasteiger partial charge on any atom is 0.137 e. The highest BCUT2D eigenvalue weighted by Crippen LogP contribution is 1.98. The molecule has 0 atom stereocenters. The molecular formula is C18H37NO7. The highest BCUT2D eigenvalue weighted by molar-refractivity contribution is 5.80. The zero-order chi connectivity index (χ0) is 19.3. The molecule has 0 aromatic carbocycles. The molecule has 156 valence electrons. The van der Waals surface area contributed by atoms with Crippen LogP contribution in [0, 0.1) is 5.92 Å². The van der Waals surface area contributed by atoms with Gasteiger partial charge in [0.05, 0.1) is 79.3 Å². The van der Waals surface area contributed by atoms with E-state index in [4.69, 9.17) is 34.2 Å². The van der Waals surface area contributed by atoms with Crippen molar-refractivity contribution < 1.29 is 33.2 Å². The maximum absolute atomic E-state index is 11.4. The van der Waals surface area contributed by atoms with Crippen molar-refractivity contribution in [1.82, 2.24) is 0 Å². The van der Waals surface area contributed by atoms with Crippen molar-refractivity contribution in [2.24, 2.45) is 11.7 Å². The molecule has 0 aromatic heterocycles. The van der Waals surface area contributed by atoms with Gasteiger partial charge in [0, 0.05) is 18.9 Å². The minimum Gasteiger partial charge on any atom is -0.379 e. The molecule has 0 fully saturated rings. The lowest BCUT2D eigenvalue weighted by atomic mass is 10.1. The van der Waals surface area contributed by atoms with Gasteiger partial charge >= 0.3 is 0 Å². The Kier molecular flexibility index (Phi) is 20.2. The summed E-state index contributed by atoms with van der Waals surface area (Å²) in [5.74, 6) is 0.300. The van der Waals surface area contributed by atoms with Crippen LogP contribution in [0.2, 0.25) is 0 Å². The topological polar surface area (TPSA) is 98.5 Å². The fourth-order valence-corrected chi connectivity index (χ4v) is 1.75. The number of hydrogen-bond donors (Lipinski definition) is 1. The Hall–Kier alpha value is -0.610. The molecule has 0 aliphatic heterocycles. The maximum atomic E-state index is 11.4. The summed E-state index contributed by atoms with van der Waals surface area (Å²) in [6.07, 6.45) is 0.466. The van der Waals surface area contributed by atoms with Gasteiger partial charge in [-0.25, -0.2) is 0 Å². The van der Waals surface area contributed by atoms with Crippen LogP contribution in [0.25, 0.3) is 0 Å². The minimum atomic E-state index is 0.0737. The zero-order valence-corrected chi connectivity index (χ0v) is 16.4. The number of rotatable bonds is 21. The van der Waals surface area contributed by atoms with Crippen LogP contribution in [0.5, 0.6) is 0 Å². The Morgan fingerprint density at radius 3 is 1.23 bits per heavy atom. The minimum absolute atomic E-state index is 0.0737. The summed E-state index contributed by atoms with van der Waals surface area (Å²) < 4.78 is 32.0. The van der Waals surface area contributed by atoms with Crippen molar-refractivity contribution in [2.75, 3.05) is 85.8 Å². The quantitative estimate of drug-likeness (QED) is 0.290. The molecule has 0 aliphatic rings. The smallest absolute Gasteiger partial charge is 0.137 e. The molecule has 0 heterocycles. The van der Waals surface area contributed by atoms with Crippen LogP contribution in [0.4, 0.5) is 0 Å². The lowest BCUT2D eigenvalue weighted by Crippen LogP contribution is -2.15. The van der Waals surface area contributed by atoms with Crippen LogP contribution < -0.4 is 5.73 Å². The summed E-state index contributed by atoms with van der Waals surface area (Å²) in [5, 5.41) is 0. The molecule has 0 spiro atoms. The molecule has 0 amide bonds. The van der Waals surface area contributed by atoms with Crippen molar-refractivity contribution >= 4 is 5.78 Å². The molecule has 2 N–H and O–H groups in total. The third-order valence-corrected chi connectivity index (χ3v) is 3.26. The molecule has 0 rings (SSSR count). The average molecular weight is 379 g/mol. The predicted octanol–water partition coefficient (Wildman–Crippen LogP) is 0.660. The van der Waals surface area contributed by atoms with E-state index in [1.807, 2.05) is 13.8 Å². The predicted molar refractivity (Wildman–Crippen MR) is 98.4 cm³/mol. The van der Waals surface area contributed by atoms with Crippen LogP contribution in [0.15, 0.2) is 0 Å². The largest absolute Gasteiger partial charge is 0.379 e. The van der Waals surface area contributed by atoms with Crippen LogP contribution in [-0.2, 0) is 33.2 Å². The van der Waals surface area contributed by atoms with Crippen LogP contribution in [0.1, 0.15) is 20.3 Å². The highest BCUT2D eigenvalue weighted by atomic mass is 16.6. The number of carbonyl (C=O) groups is 1. The van der Waals surface area contributed by atoms with E-state index in [1.165, 1.54) is 0 Å². The summed E-state index contributed by atoms with van der Waals surface area (Å²) >= 11 is 0. The third-order valence-electron chi connectivity index (χ3n) is 3.26. The van der Waals surface area contributed by atoms with Gasteiger partial charge in [0.25, 0.3) is 0 Å². The Bertz CT molecular complexity index is 303. The number of hydrogen-bond acceptors (Lipinski definition) is 8. The van der Waals surface area contributed by atoms with Gasteiger partial charge in [0.2, 0.25) is 0 Å². The van der Waals surface area contributed by atoms with Crippen LogP contribution in [0.3, 0.4) is 0 Å². The Morgan fingerprint density at radius 2 is 0.923 bits per heavy atom. The second-order valence-corrected chi connectivity index (χ2v) is 5.83. The van der Waals surface area contributed by atoms with Gasteiger partial charge in [-0.1, -0.05) is 13.8 Å². The van der Waals surface area contributed by atoms with Crippen molar-refractivity contribution in [3.8, 4) is 0 Å². The highest BCUT2D eigenvalue weighted by Gasteiger charge is 2.05. The first-order valence-corrected chi connectivity index (χ1v) is 9.37. The summed E-state index contributed by atoms with van der Waals surface area (Å²) in [5.41, 5.74) is 5.30. The average Bonchev–Trinajstić information content (AvgIpc) is 2.63. The molecule has 8 heteroatoms. The van der Waals surface area contributed by atoms with Crippen molar-refractivity contribution in [2.45, 2.75) is 20.3 Å². The van der Waals surface area contributed by atoms with E-state index >= 15 is 0 Å². The molecule has 0 unspecified atom stereocenters. The molecule has 26 heavy (non-hydrogen) atoms. The standard InChI is InChI=1S/C18H37NO7/c1-17(2)18(20)3-5-21-7-9-23-11-13-25-15-16-26-14-12-24-10-8-22-6-4-19/h17H,3-16,19H2,1-2H3. The number of ketones is 1. The third kappa shape index (κ3) is 19.7. The first-order chi connectivity index (χ1) is 12.7. The van der Waals surface area contributed by atoms with Gasteiger partial charge in [-0.15, -0.1) is 0 Å². The number of nitrogens with two attached hydrogens (primary N) is 1. The second kappa shape index (κ2) is 20.7. The summed E-state index contributed by atoms with van der Waals surface area (Å²) in [6.45, 7) is 10.6. The van der Waals surface area contributed by atoms with Gasteiger partial charge in [0.1, 0.15) is 5.78 Å². The molecule has 0 aromatic rings. The van der Waals surface area contributed by atoms with Crippen molar-refractivity contribution in [1.29, 1.82) is 0 Å². The molecule has 8 nitrogen and oxygen atoms in total. The monoisotopic (exact) mass is 379 g/mol. The molecule has 0 aliphatic carbocycles. The molecule has 0 bridgehead atoms. The molecule has 0 radical (unpaired) electrons. The fourth-order valence-electron chi connectivity index (χ4n) is 1.75. The second-order valence-electron chi connectivity index (χ2n) is 5.83.